The number of methoxy groups -OCH3 is 2. The lowest BCUT2D eigenvalue weighted by atomic mass is 9.89. The molecule has 0 saturated heterocycles. The number of hydrogen-bond acceptors (Lipinski definition) is 5. The molecule has 0 spiro atoms. The van der Waals surface area contributed by atoms with Gasteiger partial charge in [-0.15, -0.1) is 0 Å². The maximum absolute atomic E-state index is 11.1. The summed E-state index contributed by atoms with van der Waals surface area (Å²) in [5, 5.41) is 14.2. The molecule has 0 heterocycles. The average molecular weight is 252 g/mol. The van der Waals surface area contributed by atoms with Crippen LogP contribution in [0.15, 0.2) is 18.2 Å². The van der Waals surface area contributed by atoms with Crippen LogP contribution < -0.4 is 10.1 Å². The summed E-state index contributed by atoms with van der Waals surface area (Å²) in [7, 11) is 3.10. The number of ether oxygens (including phenoxy) is 2. The van der Waals surface area contributed by atoms with Gasteiger partial charge in [0, 0.05) is 13.2 Å². The van der Waals surface area contributed by atoms with E-state index in [2.05, 4.69) is 5.32 Å². The Bertz CT molecular complexity index is 444. The van der Waals surface area contributed by atoms with E-state index in [9.17, 15) is 10.1 Å². The second-order valence-corrected chi connectivity index (χ2v) is 4.28. The lowest BCUT2D eigenvalue weighted by Crippen LogP contribution is -2.40. The minimum atomic E-state index is -0.423. The molecule has 1 aromatic rings. The monoisotopic (exact) mass is 252 g/mol. The maximum atomic E-state index is 11.1. The van der Waals surface area contributed by atoms with Crippen molar-refractivity contribution in [2.45, 2.75) is 25.0 Å². The molecule has 0 unspecified atom stereocenters. The van der Waals surface area contributed by atoms with Crippen molar-refractivity contribution in [1.82, 2.24) is 0 Å². The van der Waals surface area contributed by atoms with E-state index in [-0.39, 0.29) is 23.6 Å². The Morgan fingerprint density at radius 1 is 1.39 bits per heavy atom. The number of benzene rings is 1. The highest BCUT2D eigenvalue weighted by Crippen LogP contribution is 2.37. The third-order valence-electron chi connectivity index (χ3n) is 3.19. The first-order chi connectivity index (χ1) is 8.65. The molecule has 1 aliphatic rings. The predicted molar refractivity (Wildman–Crippen MR) is 67.1 cm³/mol. The topological polar surface area (TPSA) is 73.6 Å². The zero-order chi connectivity index (χ0) is 13.1. The molecule has 0 bridgehead atoms. The quantitative estimate of drug-likeness (QED) is 0.642. The lowest BCUT2D eigenvalue weighted by Gasteiger charge is -2.35. The number of nitrogens with one attached hydrogen (secondary N) is 1. The first-order valence-electron chi connectivity index (χ1n) is 5.76. The van der Waals surface area contributed by atoms with E-state index < -0.39 is 4.92 Å². The number of nitrogens with zero attached hydrogens (tertiary/aromatic N) is 1. The third kappa shape index (κ3) is 2.38. The van der Waals surface area contributed by atoms with Crippen molar-refractivity contribution in [3.05, 3.63) is 28.3 Å². The lowest BCUT2D eigenvalue weighted by molar-refractivity contribution is -0.384. The van der Waals surface area contributed by atoms with Gasteiger partial charge in [-0.1, -0.05) is 6.07 Å². The molecule has 1 aliphatic carbocycles. The summed E-state index contributed by atoms with van der Waals surface area (Å²) in [6.45, 7) is 0. The third-order valence-corrected chi connectivity index (χ3v) is 3.19. The second-order valence-electron chi connectivity index (χ2n) is 4.28. The number of para-hydroxylation sites is 1. The molecule has 1 aromatic carbocycles. The van der Waals surface area contributed by atoms with Gasteiger partial charge in [0.25, 0.3) is 0 Å². The Morgan fingerprint density at radius 3 is 2.67 bits per heavy atom. The summed E-state index contributed by atoms with van der Waals surface area (Å²) in [5.41, 5.74) is 0.486. The minimum Gasteiger partial charge on any atom is -0.490 e. The van der Waals surface area contributed by atoms with Crippen LogP contribution in [0.25, 0.3) is 0 Å². The molecule has 1 fully saturated rings. The van der Waals surface area contributed by atoms with Crippen LogP contribution in [0.5, 0.6) is 5.75 Å². The van der Waals surface area contributed by atoms with Gasteiger partial charge in [-0.2, -0.15) is 0 Å². The molecule has 2 rings (SSSR count). The van der Waals surface area contributed by atoms with Crippen LogP contribution in [0.2, 0.25) is 0 Å². The van der Waals surface area contributed by atoms with Gasteiger partial charge in [-0.05, 0) is 25.0 Å². The van der Waals surface area contributed by atoms with Crippen LogP contribution in [0.3, 0.4) is 0 Å². The van der Waals surface area contributed by atoms with Gasteiger partial charge in [0.05, 0.1) is 18.1 Å². The first-order valence-corrected chi connectivity index (χ1v) is 5.76. The smallest absolute Gasteiger partial charge is 0.333 e. The second kappa shape index (κ2) is 5.22. The van der Waals surface area contributed by atoms with E-state index in [1.165, 1.54) is 7.11 Å². The first kappa shape index (κ1) is 12.6. The molecule has 0 aromatic heterocycles. The van der Waals surface area contributed by atoms with Crippen LogP contribution in [-0.4, -0.2) is 31.3 Å². The molecule has 18 heavy (non-hydrogen) atoms. The van der Waals surface area contributed by atoms with E-state index in [1.807, 2.05) is 0 Å². The van der Waals surface area contributed by atoms with Gasteiger partial charge in [-0.25, -0.2) is 0 Å². The standard InChI is InChI=1S/C12H16N2O4/c1-17-9-6-8(7-9)13-10-4-3-5-11(18-2)12(10)14(15)16/h3-5,8-9,13H,6-7H2,1-2H3. The van der Waals surface area contributed by atoms with Crippen LogP contribution in [0, 0.1) is 10.1 Å². The highest BCUT2D eigenvalue weighted by atomic mass is 16.6. The average Bonchev–Trinajstić information content (AvgIpc) is 2.32. The summed E-state index contributed by atoms with van der Waals surface area (Å²) >= 11 is 0. The molecule has 1 N–H and O–H groups in total. The van der Waals surface area contributed by atoms with Crippen LogP contribution in [-0.2, 0) is 4.74 Å². The van der Waals surface area contributed by atoms with Gasteiger partial charge < -0.3 is 14.8 Å². The maximum Gasteiger partial charge on any atom is 0.333 e. The van der Waals surface area contributed by atoms with Crippen molar-refractivity contribution in [3.63, 3.8) is 0 Å². The number of hydrogen-bond donors (Lipinski definition) is 1. The highest BCUT2D eigenvalue weighted by Gasteiger charge is 2.31. The normalized spacial score (nSPS) is 22.1. The fourth-order valence-corrected chi connectivity index (χ4v) is 2.09. The number of nitro benzene ring substituents is 1. The summed E-state index contributed by atoms with van der Waals surface area (Å²) in [4.78, 5) is 10.6. The number of rotatable bonds is 5. The van der Waals surface area contributed by atoms with Gasteiger partial charge in [0.1, 0.15) is 5.69 Å². The molecule has 6 nitrogen and oxygen atoms in total. The van der Waals surface area contributed by atoms with Crippen molar-refractivity contribution in [3.8, 4) is 5.75 Å². The minimum absolute atomic E-state index is 0.0131. The molecule has 6 heteroatoms. The van der Waals surface area contributed by atoms with Crippen LogP contribution >= 0.6 is 0 Å². The van der Waals surface area contributed by atoms with E-state index in [0.29, 0.717) is 5.69 Å². The Kier molecular flexibility index (Phi) is 3.66. The fraction of sp³-hybridized carbons (Fsp3) is 0.500. The van der Waals surface area contributed by atoms with E-state index in [4.69, 9.17) is 9.47 Å². The molecule has 0 aliphatic heterocycles. The molecule has 0 radical (unpaired) electrons. The number of anilines is 1. The molecule has 98 valence electrons. The summed E-state index contributed by atoms with van der Waals surface area (Å²) in [6, 6.07) is 5.24. The zero-order valence-corrected chi connectivity index (χ0v) is 10.4. The van der Waals surface area contributed by atoms with Crippen molar-refractivity contribution >= 4 is 11.4 Å². The molecular weight excluding hydrogens is 236 g/mol. The van der Waals surface area contributed by atoms with Crippen LogP contribution in [0.4, 0.5) is 11.4 Å². The summed E-state index contributed by atoms with van der Waals surface area (Å²) in [6.07, 6.45) is 1.99. The summed E-state index contributed by atoms with van der Waals surface area (Å²) < 4.78 is 10.2. The van der Waals surface area contributed by atoms with E-state index >= 15 is 0 Å². The summed E-state index contributed by atoms with van der Waals surface area (Å²) in [5.74, 6) is 0.271. The zero-order valence-electron chi connectivity index (χ0n) is 10.4. The molecule has 0 atom stereocenters. The largest absolute Gasteiger partial charge is 0.490 e. The van der Waals surface area contributed by atoms with Gasteiger partial charge >= 0.3 is 5.69 Å². The predicted octanol–water partition coefficient (Wildman–Crippen LogP) is 2.19. The molecule has 0 amide bonds. The van der Waals surface area contributed by atoms with Gasteiger partial charge in [0.15, 0.2) is 5.75 Å². The Morgan fingerprint density at radius 2 is 2.11 bits per heavy atom. The van der Waals surface area contributed by atoms with E-state index in [1.54, 1.807) is 25.3 Å². The Balaban J connectivity index is 2.15. The molecule has 1 saturated carbocycles. The van der Waals surface area contributed by atoms with E-state index in [0.717, 1.165) is 12.8 Å². The Hall–Kier alpha value is -1.82. The molecular formula is C12H16N2O4. The van der Waals surface area contributed by atoms with Crippen molar-refractivity contribution in [2.24, 2.45) is 0 Å². The van der Waals surface area contributed by atoms with Crippen molar-refractivity contribution in [1.29, 1.82) is 0 Å². The SMILES string of the molecule is COc1cccc(NC2CC(OC)C2)c1[N+](=O)[O-]. The highest BCUT2D eigenvalue weighted by molar-refractivity contribution is 5.68. The Labute approximate surface area is 105 Å². The van der Waals surface area contributed by atoms with Gasteiger partial charge in [0.2, 0.25) is 0 Å². The van der Waals surface area contributed by atoms with Gasteiger partial charge in [-0.3, -0.25) is 10.1 Å². The fourth-order valence-electron chi connectivity index (χ4n) is 2.09. The number of nitro groups is 1. The van der Waals surface area contributed by atoms with Crippen LogP contribution in [0.1, 0.15) is 12.8 Å². The van der Waals surface area contributed by atoms with Crippen molar-refractivity contribution < 1.29 is 14.4 Å². The van der Waals surface area contributed by atoms with Crippen molar-refractivity contribution in [2.75, 3.05) is 19.5 Å².